The lowest BCUT2D eigenvalue weighted by Crippen LogP contribution is -2.49. The molecule has 0 aromatic carbocycles. The largest absolute Gasteiger partial charge is 0.459 e. The molecule has 24 heavy (non-hydrogen) atoms. The molecule has 2 aliphatic rings. The summed E-state index contributed by atoms with van der Waals surface area (Å²) in [5.41, 5.74) is -0.220. The summed E-state index contributed by atoms with van der Waals surface area (Å²) in [7, 11) is 0. The van der Waals surface area contributed by atoms with E-state index in [0.717, 1.165) is 12.8 Å². The van der Waals surface area contributed by atoms with Gasteiger partial charge in [0, 0.05) is 0 Å². The monoisotopic (exact) mass is 336 g/mol. The van der Waals surface area contributed by atoms with Crippen LogP contribution in [0.5, 0.6) is 0 Å². The minimum absolute atomic E-state index is 0.0801. The number of esters is 1. The van der Waals surface area contributed by atoms with E-state index in [-0.39, 0.29) is 17.5 Å². The Morgan fingerprint density at radius 2 is 1.42 bits per heavy atom. The summed E-state index contributed by atoms with van der Waals surface area (Å²) in [6, 6.07) is 0. The lowest BCUT2D eigenvalue weighted by atomic mass is 9.67. The average Bonchev–Trinajstić information content (AvgIpc) is 2.60. The Labute approximate surface area is 150 Å². The molecule has 2 heteroatoms. The van der Waals surface area contributed by atoms with Crippen LogP contribution in [0, 0.1) is 23.7 Å². The van der Waals surface area contributed by atoms with E-state index in [4.69, 9.17) is 4.74 Å². The molecule has 1 atom stereocenters. The van der Waals surface area contributed by atoms with Crippen LogP contribution in [0.3, 0.4) is 0 Å². The molecule has 0 heterocycles. The van der Waals surface area contributed by atoms with Gasteiger partial charge in [-0.05, 0) is 63.2 Å². The minimum Gasteiger partial charge on any atom is -0.459 e. The zero-order valence-corrected chi connectivity index (χ0v) is 16.6. The number of hydrogen-bond donors (Lipinski definition) is 0. The molecule has 0 aliphatic heterocycles. The predicted octanol–water partition coefficient (Wildman–Crippen LogP) is 6.52. The first kappa shape index (κ1) is 19.8. The van der Waals surface area contributed by atoms with E-state index in [1.807, 2.05) is 0 Å². The van der Waals surface area contributed by atoms with Gasteiger partial charge in [-0.25, -0.2) is 0 Å². The summed E-state index contributed by atoms with van der Waals surface area (Å²) in [6.07, 6.45) is 14.8. The molecule has 2 nitrogen and oxygen atoms in total. The molecular weight excluding hydrogens is 296 g/mol. The van der Waals surface area contributed by atoms with Crippen molar-refractivity contribution in [3.8, 4) is 0 Å². The second-order valence-corrected chi connectivity index (χ2v) is 9.01. The van der Waals surface area contributed by atoms with Crippen molar-refractivity contribution in [2.24, 2.45) is 23.7 Å². The normalized spacial score (nSPS) is 22.5. The van der Waals surface area contributed by atoms with Gasteiger partial charge >= 0.3 is 5.97 Å². The van der Waals surface area contributed by atoms with Gasteiger partial charge in [0.15, 0.2) is 0 Å². The van der Waals surface area contributed by atoms with Crippen LogP contribution in [0.4, 0.5) is 0 Å². The molecule has 0 bridgehead atoms. The van der Waals surface area contributed by atoms with Crippen LogP contribution in [0.2, 0.25) is 0 Å². The highest BCUT2D eigenvalue weighted by molar-refractivity contribution is 5.73. The van der Waals surface area contributed by atoms with Crippen molar-refractivity contribution in [1.29, 1.82) is 0 Å². The van der Waals surface area contributed by atoms with E-state index in [0.29, 0.717) is 17.8 Å². The standard InChI is InChI=1S/C22H40O2/c1-5-18(16-17(2)3)21(23)24-22(4,19-12-8-6-9-13-19)20-14-10-7-11-15-20/h17-20H,5-16H2,1-4H3. The summed E-state index contributed by atoms with van der Waals surface area (Å²) >= 11 is 0. The van der Waals surface area contributed by atoms with Gasteiger partial charge in [0.1, 0.15) is 5.60 Å². The lowest BCUT2D eigenvalue weighted by molar-refractivity contribution is -0.182. The lowest BCUT2D eigenvalue weighted by Gasteiger charge is -2.46. The molecule has 0 saturated heterocycles. The first-order valence-corrected chi connectivity index (χ1v) is 10.7. The summed E-state index contributed by atoms with van der Waals surface area (Å²) < 4.78 is 6.43. The third kappa shape index (κ3) is 4.99. The highest BCUT2D eigenvalue weighted by atomic mass is 16.6. The van der Waals surface area contributed by atoms with Gasteiger partial charge in [0.05, 0.1) is 5.92 Å². The third-order valence-electron chi connectivity index (χ3n) is 6.73. The molecule has 2 fully saturated rings. The number of hydrogen-bond acceptors (Lipinski definition) is 2. The number of rotatable bonds is 7. The smallest absolute Gasteiger partial charge is 0.309 e. The van der Waals surface area contributed by atoms with E-state index >= 15 is 0 Å². The van der Waals surface area contributed by atoms with E-state index in [1.54, 1.807) is 0 Å². The molecule has 0 aromatic rings. The van der Waals surface area contributed by atoms with Crippen LogP contribution < -0.4 is 0 Å². The fourth-order valence-electron chi connectivity index (χ4n) is 5.15. The SMILES string of the molecule is CCC(CC(C)C)C(=O)OC(C)(C1CCCCC1)C1CCCCC1. The average molecular weight is 337 g/mol. The van der Waals surface area contributed by atoms with Crippen molar-refractivity contribution in [1.82, 2.24) is 0 Å². The first-order chi connectivity index (χ1) is 11.5. The molecule has 2 rings (SSSR count). The van der Waals surface area contributed by atoms with Crippen LogP contribution in [0.25, 0.3) is 0 Å². The minimum atomic E-state index is -0.220. The second-order valence-electron chi connectivity index (χ2n) is 9.01. The van der Waals surface area contributed by atoms with Gasteiger partial charge < -0.3 is 4.74 Å². The fraction of sp³-hybridized carbons (Fsp3) is 0.955. The molecule has 0 spiro atoms. The summed E-state index contributed by atoms with van der Waals surface area (Å²) in [5.74, 6) is 1.88. The molecule has 0 aromatic heterocycles. The van der Waals surface area contributed by atoms with Crippen molar-refractivity contribution in [2.75, 3.05) is 0 Å². The molecule has 0 radical (unpaired) electrons. The molecule has 2 aliphatic carbocycles. The predicted molar refractivity (Wildman–Crippen MR) is 101 cm³/mol. The molecule has 140 valence electrons. The van der Waals surface area contributed by atoms with E-state index in [2.05, 4.69) is 27.7 Å². The highest BCUT2D eigenvalue weighted by Gasteiger charge is 2.45. The summed E-state index contributed by atoms with van der Waals surface area (Å²) in [5, 5.41) is 0. The summed E-state index contributed by atoms with van der Waals surface area (Å²) in [6.45, 7) is 8.83. The first-order valence-electron chi connectivity index (χ1n) is 10.7. The Balaban J connectivity index is 2.13. The van der Waals surface area contributed by atoms with Gasteiger partial charge in [-0.3, -0.25) is 4.79 Å². The summed E-state index contributed by atoms with van der Waals surface area (Å²) in [4.78, 5) is 13.0. The van der Waals surface area contributed by atoms with E-state index in [1.165, 1.54) is 64.2 Å². The maximum Gasteiger partial charge on any atom is 0.309 e. The molecular formula is C22H40O2. The Kier molecular flexibility index (Phi) is 7.62. The van der Waals surface area contributed by atoms with Gasteiger partial charge in [-0.15, -0.1) is 0 Å². The maximum atomic E-state index is 13.0. The van der Waals surface area contributed by atoms with Crippen molar-refractivity contribution in [3.05, 3.63) is 0 Å². The zero-order valence-electron chi connectivity index (χ0n) is 16.6. The molecule has 0 N–H and O–H groups in total. The van der Waals surface area contributed by atoms with Gasteiger partial charge in [0.25, 0.3) is 0 Å². The Morgan fingerprint density at radius 3 is 1.79 bits per heavy atom. The van der Waals surface area contributed by atoms with Gasteiger partial charge in [-0.2, -0.15) is 0 Å². The van der Waals surface area contributed by atoms with E-state index < -0.39 is 0 Å². The molecule has 2 saturated carbocycles. The van der Waals surface area contributed by atoms with Crippen LogP contribution >= 0.6 is 0 Å². The quantitative estimate of drug-likeness (QED) is 0.495. The van der Waals surface area contributed by atoms with Crippen LogP contribution in [0.15, 0.2) is 0 Å². The van der Waals surface area contributed by atoms with Gasteiger partial charge in [-0.1, -0.05) is 59.3 Å². The Morgan fingerprint density at radius 1 is 0.958 bits per heavy atom. The van der Waals surface area contributed by atoms with Crippen molar-refractivity contribution >= 4 is 5.97 Å². The Bertz CT molecular complexity index is 357. The van der Waals surface area contributed by atoms with Crippen LogP contribution in [0.1, 0.15) is 105 Å². The topological polar surface area (TPSA) is 26.3 Å². The highest BCUT2D eigenvalue weighted by Crippen LogP contribution is 2.45. The number of carbonyl (C=O) groups excluding carboxylic acids is 1. The van der Waals surface area contributed by atoms with Crippen LogP contribution in [-0.4, -0.2) is 11.6 Å². The Hall–Kier alpha value is -0.530. The third-order valence-corrected chi connectivity index (χ3v) is 6.73. The van der Waals surface area contributed by atoms with Gasteiger partial charge in [0.2, 0.25) is 0 Å². The van der Waals surface area contributed by atoms with Crippen LogP contribution in [-0.2, 0) is 9.53 Å². The van der Waals surface area contributed by atoms with Crippen molar-refractivity contribution < 1.29 is 9.53 Å². The number of carbonyl (C=O) groups is 1. The van der Waals surface area contributed by atoms with Crippen molar-refractivity contribution in [2.45, 2.75) is 110 Å². The van der Waals surface area contributed by atoms with E-state index in [9.17, 15) is 4.79 Å². The zero-order chi connectivity index (χ0) is 17.6. The molecule has 0 amide bonds. The molecule has 1 unspecified atom stereocenters. The fourth-order valence-corrected chi connectivity index (χ4v) is 5.15. The second kappa shape index (κ2) is 9.25. The maximum absolute atomic E-state index is 13.0. The number of ether oxygens (including phenoxy) is 1. The van der Waals surface area contributed by atoms with Crippen molar-refractivity contribution in [3.63, 3.8) is 0 Å².